The molecule has 4 heteroatoms. The van der Waals surface area contributed by atoms with Gasteiger partial charge in [-0.05, 0) is 27.3 Å². The van der Waals surface area contributed by atoms with Crippen molar-refractivity contribution < 1.29 is 26.3 Å². The molecular formula is C15H26CoNO2-. The van der Waals surface area contributed by atoms with Crippen molar-refractivity contribution in [2.45, 2.75) is 58.5 Å². The van der Waals surface area contributed by atoms with E-state index in [1.54, 1.807) is 0 Å². The third kappa shape index (κ3) is 4.99. The van der Waals surface area contributed by atoms with Crippen molar-refractivity contribution in [3.8, 4) is 0 Å². The Labute approximate surface area is 127 Å². The van der Waals surface area contributed by atoms with Crippen molar-refractivity contribution in [1.82, 2.24) is 4.90 Å². The van der Waals surface area contributed by atoms with Gasteiger partial charge >= 0.3 is 6.09 Å². The van der Waals surface area contributed by atoms with Gasteiger partial charge in [0.15, 0.2) is 0 Å². The standard InChI is InChI=1S/C15H26NO2.Co/c1-15(2,3)18-14(17)16-10-9-13(11-16)12-7-5-4-6-8-12;/h9,12-13H,4-8,10-11H2,1-3H3;/q-1;/t13-;/m0./s1. The predicted molar refractivity (Wildman–Crippen MR) is 72.2 cm³/mol. The monoisotopic (exact) mass is 311 g/mol. The number of nitrogens with zero attached hydrogens (tertiary/aromatic N) is 1. The van der Waals surface area contributed by atoms with E-state index in [1.165, 1.54) is 32.1 Å². The maximum atomic E-state index is 12.0. The Kier molecular flexibility index (Phi) is 6.18. The Bertz CT molecular complexity index is 295. The number of ether oxygens (including phenoxy) is 1. The average Bonchev–Trinajstić information content (AvgIpc) is 2.77. The van der Waals surface area contributed by atoms with E-state index in [1.807, 2.05) is 25.7 Å². The van der Waals surface area contributed by atoms with Gasteiger partial charge in [0.1, 0.15) is 5.60 Å². The first-order valence-corrected chi connectivity index (χ1v) is 7.27. The Balaban J connectivity index is 0.00000180. The van der Waals surface area contributed by atoms with Crippen LogP contribution in [0.25, 0.3) is 0 Å². The number of likely N-dealkylation sites (tertiary alicyclic amines) is 1. The maximum absolute atomic E-state index is 12.0. The van der Waals surface area contributed by atoms with E-state index in [2.05, 4.69) is 6.42 Å². The van der Waals surface area contributed by atoms with Crippen molar-refractivity contribution in [2.24, 2.45) is 11.8 Å². The van der Waals surface area contributed by atoms with E-state index in [4.69, 9.17) is 4.74 Å². The summed E-state index contributed by atoms with van der Waals surface area (Å²) < 4.78 is 5.42. The fourth-order valence-electron chi connectivity index (χ4n) is 3.05. The second-order valence-electron chi connectivity index (χ2n) is 6.68. The van der Waals surface area contributed by atoms with Crippen LogP contribution in [0.2, 0.25) is 0 Å². The molecule has 113 valence electrons. The van der Waals surface area contributed by atoms with Gasteiger partial charge < -0.3 is 16.1 Å². The molecule has 1 saturated heterocycles. The minimum Gasteiger partial charge on any atom is -0.444 e. The summed E-state index contributed by atoms with van der Waals surface area (Å²) in [6, 6.07) is 0. The first-order valence-electron chi connectivity index (χ1n) is 7.27. The van der Waals surface area contributed by atoms with Crippen LogP contribution >= 0.6 is 0 Å². The topological polar surface area (TPSA) is 29.5 Å². The SMILES string of the molecule is CC(C)(C)OC(=O)N1C[CH-][C@H](C2CCCCC2)C1.[Co]. The van der Waals surface area contributed by atoms with Crippen LogP contribution in [0.5, 0.6) is 0 Å². The number of hydrogen-bond acceptors (Lipinski definition) is 2. The smallest absolute Gasteiger partial charge is 0.407 e. The van der Waals surface area contributed by atoms with E-state index in [0.717, 1.165) is 19.0 Å². The van der Waals surface area contributed by atoms with Gasteiger partial charge in [-0.3, -0.25) is 0 Å². The molecule has 0 N–H and O–H groups in total. The Morgan fingerprint density at radius 1 is 1.21 bits per heavy atom. The molecule has 0 aromatic rings. The molecule has 1 saturated carbocycles. The first-order chi connectivity index (χ1) is 8.46. The zero-order valence-electron chi connectivity index (χ0n) is 12.3. The van der Waals surface area contributed by atoms with Gasteiger partial charge in [-0.2, -0.15) is 0 Å². The third-order valence-corrected chi connectivity index (χ3v) is 3.97. The minimum absolute atomic E-state index is 0. The van der Waals surface area contributed by atoms with E-state index < -0.39 is 0 Å². The quantitative estimate of drug-likeness (QED) is 0.692. The van der Waals surface area contributed by atoms with Gasteiger partial charge in [0.05, 0.1) is 0 Å². The summed E-state index contributed by atoms with van der Waals surface area (Å²) in [6.45, 7) is 7.38. The molecular weight excluding hydrogens is 285 g/mol. The molecule has 1 atom stereocenters. The summed E-state index contributed by atoms with van der Waals surface area (Å²) in [5.41, 5.74) is -0.389. The number of hydrogen-bond donors (Lipinski definition) is 0. The van der Waals surface area contributed by atoms with Gasteiger partial charge in [0.2, 0.25) is 0 Å². The molecule has 1 heterocycles. The molecule has 1 amide bonds. The maximum Gasteiger partial charge on any atom is 0.407 e. The molecule has 0 unspecified atom stereocenters. The fourth-order valence-corrected chi connectivity index (χ4v) is 3.05. The summed E-state index contributed by atoms with van der Waals surface area (Å²) >= 11 is 0. The van der Waals surface area contributed by atoms with Gasteiger partial charge in [0, 0.05) is 16.8 Å². The molecule has 2 rings (SSSR count). The van der Waals surface area contributed by atoms with Crippen LogP contribution in [-0.2, 0) is 21.5 Å². The van der Waals surface area contributed by atoms with Crippen LogP contribution in [0.1, 0.15) is 52.9 Å². The normalized spacial score (nSPS) is 25.0. The summed E-state index contributed by atoms with van der Waals surface area (Å²) in [6.07, 6.45) is 8.95. The molecule has 1 aliphatic carbocycles. The van der Waals surface area contributed by atoms with Gasteiger partial charge in [-0.1, -0.05) is 44.6 Å². The van der Waals surface area contributed by atoms with E-state index in [0.29, 0.717) is 5.92 Å². The molecule has 1 radical (unpaired) electrons. The summed E-state index contributed by atoms with van der Waals surface area (Å²) in [5, 5.41) is 0. The molecule has 0 aromatic heterocycles. The van der Waals surface area contributed by atoms with Crippen LogP contribution in [0.4, 0.5) is 4.79 Å². The summed E-state index contributed by atoms with van der Waals surface area (Å²) in [7, 11) is 0. The number of rotatable bonds is 1. The molecule has 1 aliphatic heterocycles. The molecule has 0 bridgehead atoms. The van der Waals surface area contributed by atoms with E-state index in [9.17, 15) is 4.79 Å². The van der Waals surface area contributed by atoms with Crippen LogP contribution in [0.15, 0.2) is 0 Å². The predicted octanol–water partition coefficient (Wildman–Crippen LogP) is 3.64. The Morgan fingerprint density at radius 2 is 1.84 bits per heavy atom. The van der Waals surface area contributed by atoms with Crippen LogP contribution in [0, 0.1) is 18.3 Å². The largest absolute Gasteiger partial charge is 0.444 e. The molecule has 0 aromatic carbocycles. The molecule has 19 heavy (non-hydrogen) atoms. The molecule has 2 fully saturated rings. The van der Waals surface area contributed by atoms with Crippen molar-refractivity contribution in [3.63, 3.8) is 0 Å². The molecule has 0 spiro atoms. The second kappa shape index (κ2) is 6.98. The summed E-state index contributed by atoms with van der Waals surface area (Å²) in [5.74, 6) is 1.39. The summed E-state index contributed by atoms with van der Waals surface area (Å²) in [4.78, 5) is 13.8. The van der Waals surface area contributed by atoms with Gasteiger partial charge in [-0.25, -0.2) is 4.79 Å². The third-order valence-electron chi connectivity index (χ3n) is 3.97. The van der Waals surface area contributed by atoms with E-state index in [-0.39, 0.29) is 28.5 Å². The van der Waals surface area contributed by atoms with Crippen LogP contribution in [0.3, 0.4) is 0 Å². The second-order valence-corrected chi connectivity index (χ2v) is 6.68. The Morgan fingerprint density at radius 3 is 2.42 bits per heavy atom. The van der Waals surface area contributed by atoms with Crippen LogP contribution in [-0.4, -0.2) is 29.7 Å². The Hall–Kier alpha value is -0.224. The first kappa shape index (κ1) is 16.8. The molecule has 2 aliphatic rings. The fraction of sp³-hybridized carbons (Fsp3) is 0.867. The number of carbonyl (C=O) groups is 1. The van der Waals surface area contributed by atoms with Crippen molar-refractivity contribution in [1.29, 1.82) is 0 Å². The zero-order chi connectivity index (χ0) is 13.2. The minimum atomic E-state index is -0.389. The average molecular weight is 311 g/mol. The van der Waals surface area contributed by atoms with Gasteiger partial charge in [-0.15, -0.1) is 5.92 Å². The van der Waals surface area contributed by atoms with Crippen molar-refractivity contribution >= 4 is 6.09 Å². The van der Waals surface area contributed by atoms with Crippen molar-refractivity contribution in [3.05, 3.63) is 6.42 Å². The van der Waals surface area contributed by atoms with E-state index >= 15 is 0 Å². The molecule has 3 nitrogen and oxygen atoms in total. The van der Waals surface area contributed by atoms with Crippen molar-refractivity contribution in [2.75, 3.05) is 13.1 Å². The number of carbonyl (C=O) groups excluding carboxylic acids is 1. The zero-order valence-corrected chi connectivity index (χ0v) is 13.3. The number of amides is 1. The van der Waals surface area contributed by atoms with Gasteiger partial charge in [0.25, 0.3) is 0 Å². The van der Waals surface area contributed by atoms with Crippen LogP contribution < -0.4 is 0 Å².